The molecule has 1 atom stereocenters. The van der Waals surface area contributed by atoms with Crippen LogP contribution in [0.2, 0.25) is 0 Å². The Morgan fingerprint density at radius 2 is 2.16 bits per heavy atom. The number of nitrogens with zero attached hydrogens (tertiary/aromatic N) is 5. The number of rotatable bonds is 3. The van der Waals surface area contributed by atoms with E-state index < -0.39 is 0 Å². The molecule has 0 saturated carbocycles. The van der Waals surface area contributed by atoms with E-state index in [0.29, 0.717) is 29.4 Å². The van der Waals surface area contributed by atoms with Gasteiger partial charge in [-0.15, -0.1) is 0 Å². The van der Waals surface area contributed by atoms with Gasteiger partial charge in [-0.05, 0) is 43.7 Å². The maximum Gasteiger partial charge on any atom is 0.328 e. The Morgan fingerprint density at radius 3 is 2.97 bits per heavy atom. The number of amides is 2. The highest BCUT2D eigenvalue weighted by atomic mass is 16.5. The molecule has 1 aliphatic heterocycles. The number of carbonyl (C=O) groups is 1. The van der Waals surface area contributed by atoms with Crippen LogP contribution in [0, 0.1) is 11.3 Å². The average molecular weight is 415 g/mol. The third-order valence-electron chi connectivity index (χ3n) is 4.98. The van der Waals surface area contributed by atoms with Crippen LogP contribution in [0.5, 0.6) is 6.01 Å². The number of fused-ring (bicyclic) bond motifs is 1. The van der Waals surface area contributed by atoms with Crippen molar-refractivity contribution in [2.75, 3.05) is 29.2 Å². The molecule has 2 aromatic heterocycles. The van der Waals surface area contributed by atoms with Crippen molar-refractivity contribution in [3.05, 3.63) is 54.2 Å². The standard InChI is InChI=1S/C22H21N7O2/c1-14-8-10-24-18-7-6-17(16-5-3-4-15(12-16)13-23)26-20(18)29(14)22(30)28-19-9-11-25-21(27-19)31-2/h3-7,9,11-12,14,24H,8,10H2,1-2H3,(H,25,27,28,30)/t14-/m1/s1. The minimum absolute atomic E-state index is 0.106. The van der Waals surface area contributed by atoms with Gasteiger partial charge in [-0.1, -0.05) is 12.1 Å². The average Bonchev–Trinajstić information content (AvgIpc) is 2.96. The first-order valence-corrected chi connectivity index (χ1v) is 9.81. The highest BCUT2D eigenvalue weighted by Gasteiger charge is 2.29. The summed E-state index contributed by atoms with van der Waals surface area (Å²) in [7, 11) is 1.46. The molecular weight excluding hydrogens is 394 g/mol. The molecule has 0 bridgehead atoms. The summed E-state index contributed by atoms with van der Waals surface area (Å²) >= 11 is 0. The predicted octanol–water partition coefficient (Wildman–Crippen LogP) is 3.66. The fraction of sp³-hybridized carbons (Fsp3) is 0.227. The van der Waals surface area contributed by atoms with Crippen LogP contribution in [0.1, 0.15) is 18.9 Å². The SMILES string of the molecule is COc1nccc(NC(=O)N2c3nc(-c4cccc(C#N)c4)ccc3NCC[C@H]2C)n1. The number of ether oxygens (including phenoxy) is 1. The van der Waals surface area contributed by atoms with Crippen molar-refractivity contribution in [2.24, 2.45) is 0 Å². The summed E-state index contributed by atoms with van der Waals surface area (Å²) in [4.78, 5) is 27.8. The van der Waals surface area contributed by atoms with Crippen LogP contribution in [-0.2, 0) is 0 Å². The van der Waals surface area contributed by atoms with Gasteiger partial charge in [-0.3, -0.25) is 10.2 Å². The lowest BCUT2D eigenvalue weighted by Crippen LogP contribution is -2.42. The molecule has 3 aromatic rings. The van der Waals surface area contributed by atoms with E-state index in [1.165, 1.54) is 13.3 Å². The van der Waals surface area contributed by atoms with Crippen molar-refractivity contribution in [1.82, 2.24) is 15.0 Å². The van der Waals surface area contributed by atoms with Gasteiger partial charge in [0.25, 0.3) is 0 Å². The minimum atomic E-state index is -0.353. The molecule has 1 aliphatic rings. The molecule has 2 amide bonds. The van der Waals surface area contributed by atoms with Crippen molar-refractivity contribution >= 4 is 23.4 Å². The van der Waals surface area contributed by atoms with Crippen molar-refractivity contribution in [2.45, 2.75) is 19.4 Å². The molecule has 1 aromatic carbocycles. The number of benzene rings is 1. The maximum atomic E-state index is 13.2. The summed E-state index contributed by atoms with van der Waals surface area (Å²) in [5, 5.41) is 15.4. The topological polar surface area (TPSA) is 116 Å². The molecule has 156 valence electrons. The lowest BCUT2D eigenvalue weighted by atomic mass is 10.1. The zero-order valence-electron chi connectivity index (χ0n) is 17.2. The lowest BCUT2D eigenvalue weighted by Gasteiger charge is -2.27. The normalized spacial score (nSPS) is 15.1. The third-order valence-corrected chi connectivity index (χ3v) is 4.98. The number of pyridine rings is 1. The Labute approximate surface area is 179 Å². The van der Waals surface area contributed by atoms with Crippen molar-refractivity contribution in [1.29, 1.82) is 5.26 Å². The van der Waals surface area contributed by atoms with Crippen molar-refractivity contribution in [3.63, 3.8) is 0 Å². The number of nitriles is 1. The predicted molar refractivity (Wildman–Crippen MR) is 117 cm³/mol. The highest BCUT2D eigenvalue weighted by molar-refractivity contribution is 6.03. The number of hydrogen-bond donors (Lipinski definition) is 2. The van der Waals surface area contributed by atoms with E-state index in [1.54, 1.807) is 23.1 Å². The molecule has 4 rings (SSSR count). The molecule has 0 saturated heterocycles. The first-order valence-electron chi connectivity index (χ1n) is 9.81. The van der Waals surface area contributed by atoms with E-state index in [4.69, 9.17) is 9.72 Å². The van der Waals surface area contributed by atoms with Crippen molar-refractivity contribution < 1.29 is 9.53 Å². The second kappa shape index (κ2) is 8.67. The number of nitrogens with one attached hydrogen (secondary N) is 2. The van der Waals surface area contributed by atoms with Gasteiger partial charge < -0.3 is 10.1 Å². The highest BCUT2D eigenvalue weighted by Crippen LogP contribution is 2.32. The molecule has 0 fully saturated rings. The second-order valence-corrected chi connectivity index (χ2v) is 7.05. The summed E-state index contributed by atoms with van der Waals surface area (Å²) in [6.07, 6.45) is 2.26. The summed E-state index contributed by atoms with van der Waals surface area (Å²) in [6.45, 7) is 2.69. The Balaban J connectivity index is 1.71. The smallest absolute Gasteiger partial charge is 0.328 e. The molecule has 0 radical (unpaired) electrons. The number of methoxy groups -OCH3 is 1. The van der Waals surface area contributed by atoms with Crippen LogP contribution in [-0.4, -0.2) is 40.7 Å². The monoisotopic (exact) mass is 415 g/mol. The van der Waals surface area contributed by atoms with Gasteiger partial charge in [0.05, 0.1) is 30.1 Å². The molecule has 9 heteroatoms. The summed E-state index contributed by atoms with van der Waals surface area (Å²) in [5.74, 6) is 0.851. The van der Waals surface area contributed by atoms with Crippen LogP contribution in [0.15, 0.2) is 48.7 Å². The van der Waals surface area contributed by atoms with Gasteiger partial charge in [0.1, 0.15) is 5.82 Å². The zero-order chi connectivity index (χ0) is 21.8. The largest absolute Gasteiger partial charge is 0.467 e. The summed E-state index contributed by atoms with van der Waals surface area (Å²) < 4.78 is 5.03. The maximum absolute atomic E-state index is 13.2. The third kappa shape index (κ3) is 4.23. The Kier molecular flexibility index (Phi) is 5.62. The minimum Gasteiger partial charge on any atom is -0.467 e. The fourth-order valence-electron chi connectivity index (χ4n) is 3.41. The lowest BCUT2D eigenvalue weighted by molar-refractivity contribution is 0.255. The molecule has 0 unspecified atom stereocenters. The molecule has 0 aliphatic carbocycles. The number of hydrogen-bond acceptors (Lipinski definition) is 7. The number of anilines is 3. The van der Waals surface area contributed by atoms with E-state index in [-0.39, 0.29) is 18.1 Å². The van der Waals surface area contributed by atoms with Crippen LogP contribution in [0.4, 0.5) is 22.1 Å². The molecular formula is C22H21N7O2. The molecule has 31 heavy (non-hydrogen) atoms. The van der Waals surface area contributed by atoms with Crippen LogP contribution < -0.4 is 20.3 Å². The Morgan fingerprint density at radius 1 is 1.29 bits per heavy atom. The molecule has 0 spiro atoms. The van der Waals surface area contributed by atoms with E-state index >= 15 is 0 Å². The number of urea groups is 1. The van der Waals surface area contributed by atoms with E-state index in [0.717, 1.165) is 17.7 Å². The Bertz CT molecular complexity index is 1160. The van der Waals surface area contributed by atoms with Gasteiger partial charge in [-0.25, -0.2) is 14.8 Å². The summed E-state index contributed by atoms with van der Waals surface area (Å²) in [6, 6.07) is 14.5. The van der Waals surface area contributed by atoms with E-state index in [9.17, 15) is 10.1 Å². The molecule has 9 nitrogen and oxygen atoms in total. The Hall–Kier alpha value is -4.19. The molecule has 2 N–H and O–H groups in total. The first kappa shape index (κ1) is 20.1. The number of carbonyl (C=O) groups excluding carboxylic acids is 1. The second-order valence-electron chi connectivity index (χ2n) is 7.05. The zero-order valence-corrected chi connectivity index (χ0v) is 17.2. The first-order chi connectivity index (χ1) is 15.1. The number of aromatic nitrogens is 3. The van der Waals surface area contributed by atoms with Crippen LogP contribution in [0.25, 0.3) is 11.3 Å². The van der Waals surface area contributed by atoms with E-state index in [1.807, 2.05) is 31.2 Å². The van der Waals surface area contributed by atoms with Crippen molar-refractivity contribution in [3.8, 4) is 23.3 Å². The van der Waals surface area contributed by atoms with Gasteiger partial charge in [0.15, 0.2) is 5.82 Å². The van der Waals surface area contributed by atoms with Gasteiger partial charge >= 0.3 is 12.0 Å². The van der Waals surface area contributed by atoms with E-state index in [2.05, 4.69) is 26.7 Å². The van der Waals surface area contributed by atoms with Crippen LogP contribution in [0.3, 0.4) is 0 Å². The van der Waals surface area contributed by atoms with Gasteiger partial charge in [-0.2, -0.15) is 10.2 Å². The van der Waals surface area contributed by atoms with Gasteiger partial charge in [0, 0.05) is 24.3 Å². The van der Waals surface area contributed by atoms with Gasteiger partial charge in [0.2, 0.25) is 0 Å². The fourth-order valence-corrected chi connectivity index (χ4v) is 3.41. The molecule has 3 heterocycles. The summed E-state index contributed by atoms with van der Waals surface area (Å²) in [5.41, 5.74) is 2.79. The quantitative estimate of drug-likeness (QED) is 0.670. The van der Waals surface area contributed by atoms with Crippen LogP contribution >= 0.6 is 0 Å².